The van der Waals surface area contributed by atoms with Gasteiger partial charge in [-0.2, -0.15) is 5.10 Å². The van der Waals surface area contributed by atoms with Crippen molar-refractivity contribution in [1.82, 2.24) is 40.0 Å². The molecule has 5 N–H and O–H groups in total. The minimum Gasteiger partial charge on any atom is -0.384 e. The minimum atomic E-state index is -0.322. The number of nitrogens with two attached hydrogens (primary N) is 1. The summed E-state index contributed by atoms with van der Waals surface area (Å²) in [7, 11) is 4.01. The number of halogens is 1. The van der Waals surface area contributed by atoms with Gasteiger partial charge in [-0.15, -0.1) is 0 Å². The molecule has 0 atom stereocenters. The SMILES string of the molecule is CN(C)CCNc1cc(F)cc(-c2nccc3[nH]c(-c4n[nH]c5cnc(-c6cncc(N7CC(N)C7)n6)cc45)cc23)c1. The lowest BCUT2D eigenvalue weighted by Gasteiger charge is -2.37. The Morgan fingerprint density at radius 2 is 1.86 bits per heavy atom. The highest BCUT2D eigenvalue weighted by Crippen LogP contribution is 2.35. The molecule has 6 aromatic rings. The lowest BCUT2D eigenvalue weighted by atomic mass is 10.1. The summed E-state index contributed by atoms with van der Waals surface area (Å²) in [4.78, 5) is 26.0. The molecule has 0 aliphatic carbocycles. The van der Waals surface area contributed by atoms with Gasteiger partial charge in [-0.05, 0) is 50.5 Å². The molecule has 6 heterocycles. The van der Waals surface area contributed by atoms with Crippen LogP contribution in [-0.4, -0.2) is 86.3 Å². The fourth-order valence-corrected chi connectivity index (χ4v) is 5.26. The first-order chi connectivity index (χ1) is 20.4. The normalized spacial score (nSPS) is 13.8. The van der Waals surface area contributed by atoms with Gasteiger partial charge in [-0.3, -0.25) is 20.1 Å². The van der Waals surface area contributed by atoms with Crippen molar-refractivity contribution in [3.8, 4) is 34.0 Å². The summed E-state index contributed by atoms with van der Waals surface area (Å²) in [6.45, 7) is 3.06. The molecule has 0 saturated carbocycles. The molecule has 42 heavy (non-hydrogen) atoms. The first-order valence-electron chi connectivity index (χ1n) is 13.8. The molecule has 11 nitrogen and oxygen atoms in total. The van der Waals surface area contributed by atoms with Crippen LogP contribution in [0.5, 0.6) is 0 Å². The first-order valence-corrected chi connectivity index (χ1v) is 13.8. The van der Waals surface area contributed by atoms with Crippen molar-refractivity contribution in [2.45, 2.75) is 6.04 Å². The van der Waals surface area contributed by atoms with Crippen LogP contribution in [-0.2, 0) is 0 Å². The van der Waals surface area contributed by atoms with Crippen LogP contribution < -0.4 is 16.0 Å². The summed E-state index contributed by atoms with van der Waals surface area (Å²) in [5, 5.41) is 12.7. The van der Waals surface area contributed by atoms with Gasteiger partial charge in [0.05, 0.1) is 41.2 Å². The maximum Gasteiger partial charge on any atom is 0.147 e. The van der Waals surface area contributed by atoms with E-state index >= 15 is 0 Å². The molecule has 5 aromatic heterocycles. The average molecular weight is 564 g/mol. The zero-order valence-electron chi connectivity index (χ0n) is 23.3. The van der Waals surface area contributed by atoms with Gasteiger partial charge in [0.1, 0.15) is 23.0 Å². The lowest BCUT2D eigenvalue weighted by molar-refractivity contribution is 0.425. The molecule has 0 bridgehead atoms. The van der Waals surface area contributed by atoms with Crippen LogP contribution in [0.4, 0.5) is 15.9 Å². The zero-order valence-corrected chi connectivity index (χ0v) is 23.3. The molecule has 0 amide bonds. The van der Waals surface area contributed by atoms with Gasteiger partial charge in [0.15, 0.2) is 0 Å². The number of pyridine rings is 2. The van der Waals surface area contributed by atoms with Crippen molar-refractivity contribution >= 4 is 33.3 Å². The Morgan fingerprint density at radius 1 is 1.00 bits per heavy atom. The number of benzene rings is 1. The number of aromatic amines is 2. The van der Waals surface area contributed by atoms with Crippen LogP contribution in [0.2, 0.25) is 0 Å². The fourth-order valence-electron chi connectivity index (χ4n) is 5.26. The van der Waals surface area contributed by atoms with E-state index in [9.17, 15) is 4.39 Å². The molecule has 1 saturated heterocycles. The van der Waals surface area contributed by atoms with E-state index in [0.717, 1.165) is 58.6 Å². The number of rotatable bonds is 8. The molecule has 0 spiro atoms. The second-order valence-corrected chi connectivity index (χ2v) is 10.9. The zero-order chi connectivity index (χ0) is 28.8. The highest BCUT2D eigenvalue weighted by Gasteiger charge is 2.25. The largest absolute Gasteiger partial charge is 0.384 e. The Bertz CT molecular complexity index is 1900. The number of nitrogens with one attached hydrogen (secondary N) is 3. The predicted molar refractivity (Wildman–Crippen MR) is 163 cm³/mol. The second kappa shape index (κ2) is 10.5. The van der Waals surface area contributed by atoms with Gasteiger partial charge in [0.25, 0.3) is 0 Å². The van der Waals surface area contributed by atoms with Crippen molar-refractivity contribution in [3.63, 3.8) is 0 Å². The van der Waals surface area contributed by atoms with Gasteiger partial charge in [-0.25, -0.2) is 9.37 Å². The molecule has 7 rings (SSSR count). The molecular formula is C30H30FN11. The van der Waals surface area contributed by atoms with Gasteiger partial charge in [0.2, 0.25) is 0 Å². The molecule has 12 heteroatoms. The third-order valence-electron chi connectivity index (χ3n) is 7.43. The van der Waals surface area contributed by atoms with Crippen molar-refractivity contribution in [1.29, 1.82) is 0 Å². The second-order valence-electron chi connectivity index (χ2n) is 10.9. The van der Waals surface area contributed by atoms with Crippen LogP contribution in [0.1, 0.15) is 0 Å². The molecule has 0 radical (unpaired) electrons. The van der Waals surface area contributed by atoms with Crippen LogP contribution in [0.25, 0.3) is 55.8 Å². The van der Waals surface area contributed by atoms with Crippen LogP contribution in [0.3, 0.4) is 0 Å². The first kappa shape index (κ1) is 26.0. The molecule has 1 fully saturated rings. The van der Waals surface area contributed by atoms with Gasteiger partial charge in [-0.1, -0.05) is 0 Å². The number of fused-ring (bicyclic) bond motifs is 2. The van der Waals surface area contributed by atoms with E-state index in [-0.39, 0.29) is 11.9 Å². The van der Waals surface area contributed by atoms with Crippen molar-refractivity contribution in [2.24, 2.45) is 5.73 Å². The van der Waals surface area contributed by atoms with Crippen LogP contribution in [0, 0.1) is 5.82 Å². The monoisotopic (exact) mass is 563 g/mol. The highest BCUT2D eigenvalue weighted by molar-refractivity contribution is 6.00. The Morgan fingerprint density at radius 3 is 2.69 bits per heavy atom. The highest BCUT2D eigenvalue weighted by atomic mass is 19.1. The third-order valence-corrected chi connectivity index (χ3v) is 7.43. The lowest BCUT2D eigenvalue weighted by Crippen LogP contribution is -2.56. The van der Waals surface area contributed by atoms with Crippen LogP contribution in [0.15, 0.2) is 61.2 Å². The maximum atomic E-state index is 14.7. The van der Waals surface area contributed by atoms with Gasteiger partial charge >= 0.3 is 0 Å². The summed E-state index contributed by atoms with van der Waals surface area (Å²) in [5.74, 6) is 0.462. The van der Waals surface area contributed by atoms with E-state index in [0.29, 0.717) is 34.9 Å². The van der Waals surface area contributed by atoms with Gasteiger partial charge < -0.3 is 25.8 Å². The Balaban J connectivity index is 1.24. The molecule has 1 aromatic carbocycles. The van der Waals surface area contributed by atoms with Crippen molar-refractivity contribution in [3.05, 3.63) is 67.0 Å². The Hall–Kier alpha value is -4.94. The molecule has 0 unspecified atom stereocenters. The molecule has 1 aliphatic rings. The standard InChI is InChI=1S/C30H30FN11/c1-41(2)6-5-34-20-8-17(7-18(31)9-20)29-21-11-25(37-23(21)3-4-35-29)30-22-10-24(36-13-26(22)39-40-30)27-12-33-14-28(38-27)42-15-19(32)16-42/h3-4,7-14,19,34,37H,5-6,15-16,32H2,1-2H3,(H,39,40). The van der Waals surface area contributed by atoms with Gasteiger partial charge in [0, 0.05) is 66.0 Å². The van der Waals surface area contributed by atoms with E-state index in [1.54, 1.807) is 24.8 Å². The third kappa shape index (κ3) is 4.91. The summed E-state index contributed by atoms with van der Waals surface area (Å²) in [5.41, 5.74) is 12.6. The number of H-pyrrole nitrogens is 2. The van der Waals surface area contributed by atoms with Crippen molar-refractivity contribution in [2.75, 3.05) is 50.5 Å². The van der Waals surface area contributed by atoms with E-state index < -0.39 is 0 Å². The quantitative estimate of drug-likeness (QED) is 0.217. The molecule has 212 valence electrons. The van der Waals surface area contributed by atoms with E-state index in [1.165, 1.54) is 12.1 Å². The summed E-state index contributed by atoms with van der Waals surface area (Å²) >= 11 is 0. The van der Waals surface area contributed by atoms with Crippen molar-refractivity contribution < 1.29 is 4.39 Å². The Kier molecular flexibility index (Phi) is 6.48. The predicted octanol–water partition coefficient (Wildman–Crippen LogP) is 3.89. The average Bonchev–Trinajstić information content (AvgIpc) is 3.59. The number of hydrogen-bond acceptors (Lipinski definition) is 9. The molecule has 1 aliphatic heterocycles. The van der Waals surface area contributed by atoms with E-state index in [1.807, 2.05) is 38.4 Å². The van der Waals surface area contributed by atoms with E-state index in [4.69, 9.17) is 10.7 Å². The number of anilines is 2. The molecular weight excluding hydrogens is 533 g/mol. The smallest absolute Gasteiger partial charge is 0.147 e. The van der Waals surface area contributed by atoms with E-state index in [2.05, 4.69) is 45.2 Å². The topological polar surface area (TPSA) is 141 Å². The minimum absolute atomic E-state index is 0.165. The van der Waals surface area contributed by atoms with Crippen LogP contribution >= 0.6 is 0 Å². The number of likely N-dealkylation sites (N-methyl/N-ethyl adjacent to an activating group) is 1. The number of nitrogens with zero attached hydrogens (tertiary/aromatic N) is 7. The summed E-state index contributed by atoms with van der Waals surface area (Å²) in [6, 6.07) is 11.0. The number of hydrogen-bond donors (Lipinski definition) is 4. The summed E-state index contributed by atoms with van der Waals surface area (Å²) in [6.07, 6.45) is 6.93. The number of aromatic nitrogens is 7. The summed E-state index contributed by atoms with van der Waals surface area (Å²) < 4.78 is 14.7. The fraction of sp³-hybridized carbons (Fsp3) is 0.233. The maximum absolute atomic E-state index is 14.7. The Labute approximate surface area is 241 Å².